The Morgan fingerprint density at radius 3 is 2.85 bits per heavy atom. The Balaban J connectivity index is 1.69. The number of hydrogen-bond acceptors (Lipinski definition) is 3. The summed E-state index contributed by atoms with van der Waals surface area (Å²) in [6.45, 7) is 5.60. The fraction of sp³-hybridized carbons (Fsp3) is 0.462. The topological polar surface area (TPSA) is 64.7 Å². The van der Waals surface area contributed by atoms with E-state index in [-0.39, 0.29) is 12.5 Å². The molecule has 0 unspecified atom stereocenters. The number of aromatic nitrogens is 4. The zero-order chi connectivity index (χ0) is 14.5. The van der Waals surface area contributed by atoms with Gasteiger partial charge in [0.25, 0.3) is 0 Å². The average Bonchev–Trinajstić information content (AvgIpc) is 2.92. The summed E-state index contributed by atoms with van der Waals surface area (Å²) in [7, 11) is 0. The standard InChI is InChI=1S/C13H18BrN5O/c1-10-4-6-16-19(10)7-3-5-15-13(20)9-18-8-12(14)11(2)17-18/h4,6,8H,3,5,7,9H2,1-2H3,(H,15,20). The summed E-state index contributed by atoms with van der Waals surface area (Å²) >= 11 is 3.37. The lowest BCUT2D eigenvalue weighted by Crippen LogP contribution is -2.29. The molecule has 2 heterocycles. The molecule has 0 saturated heterocycles. The van der Waals surface area contributed by atoms with E-state index < -0.39 is 0 Å². The van der Waals surface area contributed by atoms with Gasteiger partial charge in [0.2, 0.25) is 5.91 Å². The van der Waals surface area contributed by atoms with Gasteiger partial charge >= 0.3 is 0 Å². The SMILES string of the molecule is Cc1nn(CC(=O)NCCCn2nccc2C)cc1Br. The zero-order valence-corrected chi connectivity index (χ0v) is 13.2. The Bertz CT molecular complexity index is 570. The predicted octanol–water partition coefficient (Wildman–Crippen LogP) is 1.67. The molecule has 2 aromatic heterocycles. The summed E-state index contributed by atoms with van der Waals surface area (Å²) in [6.07, 6.45) is 4.45. The largest absolute Gasteiger partial charge is 0.354 e. The lowest BCUT2D eigenvalue weighted by atomic mass is 10.4. The highest BCUT2D eigenvalue weighted by Gasteiger charge is 2.06. The number of halogens is 1. The molecule has 0 aromatic carbocycles. The third-order valence-electron chi connectivity index (χ3n) is 2.99. The first-order chi connectivity index (χ1) is 9.56. The van der Waals surface area contributed by atoms with Crippen LogP contribution < -0.4 is 5.32 Å². The summed E-state index contributed by atoms with van der Waals surface area (Å²) in [4.78, 5) is 11.8. The number of carbonyl (C=O) groups excluding carboxylic acids is 1. The van der Waals surface area contributed by atoms with Crippen molar-refractivity contribution in [3.63, 3.8) is 0 Å². The molecule has 20 heavy (non-hydrogen) atoms. The molecule has 0 bridgehead atoms. The normalized spacial score (nSPS) is 10.8. The quantitative estimate of drug-likeness (QED) is 0.814. The summed E-state index contributed by atoms with van der Waals surface area (Å²) in [6, 6.07) is 1.97. The Kier molecular flexibility index (Phi) is 4.94. The maximum Gasteiger partial charge on any atom is 0.241 e. The number of nitrogens with one attached hydrogen (secondary N) is 1. The van der Waals surface area contributed by atoms with Gasteiger partial charge in [-0.05, 0) is 42.3 Å². The van der Waals surface area contributed by atoms with E-state index in [9.17, 15) is 4.79 Å². The summed E-state index contributed by atoms with van der Waals surface area (Å²) in [5, 5.41) is 11.3. The molecule has 6 nitrogen and oxygen atoms in total. The second-order valence-electron chi connectivity index (χ2n) is 4.66. The highest BCUT2D eigenvalue weighted by molar-refractivity contribution is 9.10. The molecule has 0 aliphatic heterocycles. The van der Waals surface area contributed by atoms with Crippen LogP contribution in [0.3, 0.4) is 0 Å². The number of nitrogens with zero attached hydrogens (tertiary/aromatic N) is 4. The lowest BCUT2D eigenvalue weighted by molar-refractivity contribution is -0.121. The maximum absolute atomic E-state index is 11.8. The minimum atomic E-state index is -0.0304. The van der Waals surface area contributed by atoms with Gasteiger partial charge < -0.3 is 5.32 Å². The molecule has 0 aliphatic rings. The first-order valence-electron chi connectivity index (χ1n) is 6.51. The molecule has 108 valence electrons. The molecule has 1 N–H and O–H groups in total. The molecule has 0 fully saturated rings. The highest BCUT2D eigenvalue weighted by atomic mass is 79.9. The van der Waals surface area contributed by atoms with Crippen LogP contribution in [0, 0.1) is 13.8 Å². The third-order valence-corrected chi connectivity index (χ3v) is 3.77. The van der Waals surface area contributed by atoms with Crippen LogP contribution in [0.4, 0.5) is 0 Å². The van der Waals surface area contributed by atoms with Crippen LogP contribution in [-0.4, -0.2) is 32.0 Å². The predicted molar refractivity (Wildman–Crippen MR) is 79.3 cm³/mol. The average molecular weight is 340 g/mol. The van der Waals surface area contributed by atoms with Crippen LogP contribution in [0.25, 0.3) is 0 Å². The molecule has 1 amide bonds. The highest BCUT2D eigenvalue weighted by Crippen LogP contribution is 2.12. The Labute approximate surface area is 126 Å². The zero-order valence-electron chi connectivity index (χ0n) is 11.6. The number of rotatable bonds is 6. The van der Waals surface area contributed by atoms with Crippen molar-refractivity contribution in [1.82, 2.24) is 24.9 Å². The number of hydrogen-bond donors (Lipinski definition) is 1. The van der Waals surface area contributed by atoms with Gasteiger partial charge in [0.05, 0.1) is 10.2 Å². The molecule has 0 radical (unpaired) electrons. The van der Waals surface area contributed by atoms with Gasteiger partial charge in [0.1, 0.15) is 6.54 Å². The van der Waals surface area contributed by atoms with Crippen LogP contribution in [0.1, 0.15) is 17.8 Å². The summed E-state index contributed by atoms with van der Waals surface area (Å²) in [5.41, 5.74) is 2.01. The minimum Gasteiger partial charge on any atom is -0.354 e. The fourth-order valence-electron chi connectivity index (χ4n) is 1.87. The third kappa shape index (κ3) is 3.93. The van der Waals surface area contributed by atoms with E-state index in [1.807, 2.05) is 30.8 Å². The van der Waals surface area contributed by atoms with Gasteiger partial charge in [-0.2, -0.15) is 10.2 Å². The van der Waals surface area contributed by atoms with Gasteiger partial charge in [-0.25, -0.2) is 0 Å². The molecule has 2 aromatic rings. The monoisotopic (exact) mass is 339 g/mol. The number of amides is 1. The Hall–Kier alpha value is -1.63. The van der Waals surface area contributed by atoms with Gasteiger partial charge in [0, 0.05) is 31.2 Å². The van der Waals surface area contributed by atoms with Crippen molar-refractivity contribution >= 4 is 21.8 Å². The first kappa shape index (κ1) is 14.8. The first-order valence-corrected chi connectivity index (χ1v) is 7.30. The van der Waals surface area contributed by atoms with Crippen molar-refractivity contribution < 1.29 is 4.79 Å². The van der Waals surface area contributed by atoms with Crippen molar-refractivity contribution in [2.75, 3.05) is 6.54 Å². The van der Waals surface area contributed by atoms with Crippen molar-refractivity contribution in [1.29, 1.82) is 0 Å². The van der Waals surface area contributed by atoms with Gasteiger partial charge in [0.15, 0.2) is 0 Å². The smallest absolute Gasteiger partial charge is 0.241 e. The van der Waals surface area contributed by atoms with E-state index in [1.54, 1.807) is 10.9 Å². The molecule has 2 rings (SSSR count). The molecular formula is C13H18BrN5O. The molecule has 0 atom stereocenters. The van der Waals surface area contributed by atoms with E-state index in [0.717, 1.165) is 28.8 Å². The van der Waals surface area contributed by atoms with Crippen LogP contribution in [0.15, 0.2) is 22.9 Å². The Morgan fingerprint density at radius 1 is 1.45 bits per heavy atom. The molecule has 0 spiro atoms. The van der Waals surface area contributed by atoms with Gasteiger partial charge in [-0.15, -0.1) is 0 Å². The van der Waals surface area contributed by atoms with E-state index in [1.165, 1.54) is 0 Å². The summed E-state index contributed by atoms with van der Waals surface area (Å²) in [5.74, 6) is -0.0304. The van der Waals surface area contributed by atoms with Crippen molar-refractivity contribution in [3.8, 4) is 0 Å². The number of carbonyl (C=O) groups is 1. The van der Waals surface area contributed by atoms with Crippen molar-refractivity contribution in [2.24, 2.45) is 0 Å². The molecule has 0 aliphatic carbocycles. The van der Waals surface area contributed by atoms with E-state index >= 15 is 0 Å². The van der Waals surface area contributed by atoms with E-state index in [2.05, 4.69) is 31.4 Å². The maximum atomic E-state index is 11.8. The molecule has 7 heteroatoms. The van der Waals surface area contributed by atoms with Crippen LogP contribution in [-0.2, 0) is 17.9 Å². The second-order valence-corrected chi connectivity index (χ2v) is 5.51. The second kappa shape index (κ2) is 6.69. The molecule has 0 saturated carbocycles. The van der Waals surface area contributed by atoms with Crippen LogP contribution in [0.2, 0.25) is 0 Å². The van der Waals surface area contributed by atoms with Gasteiger partial charge in [-0.1, -0.05) is 0 Å². The van der Waals surface area contributed by atoms with Crippen LogP contribution in [0.5, 0.6) is 0 Å². The van der Waals surface area contributed by atoms with E-state index in [4.69, 9.17) is 0 Å². The van der Waals surface area contributed by atoms with Crippen molar-refractivity contribution in [3.05, 3.63) is 34.3 Å². The number of aryl methyl sites for hydroxylation is 3. The Morgan fingerprint density at radius 2 is 2.25 bits per heavy atom. The fourth-order valence-corrected chi connectivity index (χ4v) is 2.18. The van der Waals surface area contributed by atoms with Gasteiger partial charge in [-0.3, -0.25) is 14.2 Å². The summed E-state index contributed by atoms with van der Waals surface area (Å²) < 4.78 is 4.48. The molecular weight excluding hydrogens is 322 g/mol. The van der Waals surface area contributed by atoms with Crippen LogP contribution >= 0.6 is 15.9 Å². The van der Waals surface area contributed by atoms with Crippen molar-refractivity contribution in [2.45, 2.75) is 33.4 Å². The lowest BCUT2D eigenvalue weighted by Gasteiger charge is -2.06. The van der Waals surface area contributed by atoms with E-state index in [0.29, 0.717) is 6.54 Å². The minimum absolute atomic E-state index is 0.0304.